The van der Waals surface area contributed by atoms with E-state index in [1.54, 1.807) is 6.07 Å². The van der Waals surface area contributed by atoms with Crippen molar-refractivity contribution >= 4 is 23.5 Å². The minimum Gasteiger partial charge on any atom is -0.435 e. The lowest BCUT2D eigenvalue weighted by molar-refractivity contribution is -0.0499. The van der Waals surface area contributed by atoms with E-state index in [1.807, 2.05) is 0 Å². The highest BCUT2D eigenvalue weighted by molar-refractivity contribution is 8.19. The van der Waals surface area contributed by atoms with E-state index in [0.717, 1.165) is 17.9 Å². The van der Waals surface area contributed by atoms with E-state index >= 15 is 0 Å². The smallest absolute Gasteiger partial charge is 0.387 e. The number of hydrogen-bond donors (Lipinski definition) is 1. The van der Waals surface area contributed by atoms with Crippen molar-refractivity contribution in [1.29, 1.82) is 0 Å². The standard InChI is InChI=1S/C18H18F4O2S2/c19-13-8-12(9-14(20)10-13)18(25-5-2-6-26-18)16(23)11-3-1-4-15(7-11)24-17(21)22/h1,3-4,7-9,13,16-17,23H,2,5-6,10H2. The third-order valence-corrected chi connectivity index (χ3v) is 7.61. The fourth-order valence-corrected chi connectivity index (χ4v) is 6.42. The lowest BCUT2D eigenvalue weighted by atomic mass is 9.95. The van der Waals surface area contributed by atoms with Gasteiger partial charge in [0.15, 0.2) is 0 Å². The van der Waals surface area contributed by atoms with Gasteiger partial charge in [0.1, 0.15) is 27.9 Å². The zero-order chi connectivity index (χ0) is 18.7. The van der Waals surface area contributed by atoms with E-state index in [9.17, 15) is 22.7 Å². The second-order valence-corrected chi connectivity index (χ2v) is 8.94. The summed E-state index contributed by atoms with van der Waals surface area (Å²) in [7, 11) is 0. The minimum absolute atomic E-state index is 0.0692. The van der Waals surface area contributed by atoms with Gasteiger partial charge in [-0.2, -0.15) is 8.78 Å². The van der Waals surface area contributed by atoms with E-state index in [1.165, 1.54) is 53.9 Å². The number of thioether (sulfide) groups is 2. The van der Waals surface area contributed by atoms with Crippen LogP contribution in [0.3, 0.4) is 0 Å². The van der Waals surface area contributed by atoms with Crippen LogP contribution in [0.15, 0.2) is 47.8 Å². The maximum atomic E-state index is 13.9. The summed E-state index contributed by atoms with van der Waals surface area (Å²) < 4.78 is 56.1. The molecule has 0 aromatic heterocycles. The first-order valence-corrected chi connectivity index (χ1v) is 10.1. The fraction of sp³-hybridized carbons (Fsp3) is 0.444. The van der Waals surface area contributed by atoms with Gasteiger partial charge in [0.2, 0.25) is 0 Å². The molecular weight excluding hydrogens is 388 g/mol. The second kappa shape index (κ2) is 8.27. The minimum atomic E-state index is -2.97. The molecule has 2 atom stereocenters. The molecular formula is C18H18F4O2S2. The van der Waals surface area contributed by atoms with E-state index < -0.39 is 28.8 Å². The van der Waals surface area contributed by atoms with Gasteiger partial charge < -0.3 is 9.84 Å². The van der Waals surface area contributed by atoms with Crippen molar-refractivity contribution in [3.05, 3.63) is 53.4 Å². The normalized spacial score (nSPS) is 24.0. The predicted octanol–water partition coefficient (Wildman–Crippen LogP) is 5.41. The number of hydrogen-bond acceptors (Lipinski definition) is 4. The molecule has 0 saturated carbocycles. The Bertz CT molecular complexity index is 702. The number of rotatable bonds is 5. The van der Waals surface area contributed by atoms with Crippen LogP contribution in [-0.4, -0.2) is 33.5 Å². The Morgan fingerprint density at radius 3 is 2.62 bits per heavy atom. The largest absolute Gasteiger partial charge is 0.435 e. The summed E-state index contributed by atoms with van der Waals surface area (Å²) in [6.45, 7) is -2.97. The van der Waals surface area contributed by atoms with Crippen LogP contribution in [0.1, 0.15) is 24.5 Å². The van der Waals surface area contributed by atoms with Crippen LogP contribution in [0.2, 0.25) is 0 Å². The van der Waals surface area contributed by atoms with Crippen LogP contribution < -0.4 is 4.74 Å². The zero-order valence-electron chi connectivity index (χ0n) is 13.7. The molecule has 0 amide bonds. The van der Waals surface area contributed by atoms with E-state index in [2.05, 4.69) is 4.74 Å². The van der Waals surface area contributed by atoms with Gasteiger partial charge in [-0.25, -0.2) is 8.78 Å². The number of aliphatic hydroxyl groups excluding tert-OH is 1. The molecule has 1 aromatic rings. The highest BCUT2D eigenvalue weighted by Crippen LogP contribution is 2.56. The van der Waals surface area contributed by atoms with Gasteiger partial charge in [-0.1, -0.05) is 12.1 Å². The molecule has 0 spiro atoms. The number of alkyl halides is 3. The lowest BCUT2D eigenvalue weighted by Gasteiger charge is -2.42. The van der Waals surface area contributed by atoms with E-state index in [-0.39, 0.29) is 12.2 Å². The van der Waals surface area contributed by atoms with Crippen molar-refractivity contribution < 1.29 is 27.4 Å². The Morgan fingerprint density at radius 1 is 1.23 bits per heavy atom. The summed E-state index contributed by atoms with van der Waals surface area (Å²) in [6.07, 6.45) is 0.649. The number of benzene rings is 1. The van der Waals surface area contributed by atoms with Crippen LogP contribution in [0.5, 0.6) is 5.75 Å². The van der Waals surface area contributed by atoms with Crippen molar-refractivity contribution in [2.24, 2.45) is 0 Å². The van der Waals surface area contributed by atoms with Crippen LogP contribution in [0.4, 0.5) is 17.6 Å². The molecule has 1 saturated heterocycles. The van der Waals surface area contributed by atoms with Crippen molar-refractivity contribution in [2.75, 3.05) is 11.5 Å². The van der Waals surface area contributed by atoms with Crippen LogP contribution in [0, 0.1) is 0 Å². The van der Waals surface area contributed by atoms with Gasteiger partial charge in [-0.05, 0) is 53.3 Å². The van der Waals surface area contributed by atoms with E-state index in [4.69, 9.17) is 0 Å². The number of aliphatic hydroxyl groups is 1. The average Bonchev–Trinajstić information content (AvgIpc) is 2.60. The topological polar surface area (TPSA) is 29.5 Å². The highest BCUT2D eigenvalue weighted by atomic mass is 32.2. The molecule has 3 rings (SSSR count). The third-order valence-electron chi connectivity index (χ3n) is 4.15. The van der Waals surface area contributed by atoms with Crippen LogP contribution in [-0.2, 0) is 0 Å². The lowest BCUT2D eigenvalue weighted by Crippen LogP contribution is -2.35. The summed E-state index contributed by atoms with van der Waals surface area (Å²) in [5.74, 6) is 0.811. The van der Waals surface area contributed by atoms with Gasteiger partial charge in [0.05, 0.1) is 0 Å². The maximum absolute atomic E-state index is 13.9. The molecule has 2 unspecified atom stereocenters. The molecule has 0 bridgehead atoms. The fourth-order valence-electron chi connectivity index (χ4n) is 3.04. The summed E-state index contributed by atoms with van der Waals surface area (Å²) in [6, 6.07) is 5.81. The molecule has 1 heterocycles. The van der Waals surface area contributed by atoms with E-state index in [0.29, 0.717) is 11.1 Å². The third kappa shape index (κ3) is 4.23. The van der Waals surface area contributed by atoms with Crippen molar-refractivity contribution in [1.82, 2.24) is 0 Å². The molecule has 1 N–H and O–H groups in total. The van der Waals surface area contributed by atoms with Crippen molar-refractivity contribution in [2.45, 2.75) is 35.8 Å². The molecule has 2 aliphatic rings. The maximum Gasteiger partial charge on any atom is 0.387 e. The Hall–Kier alpha value is -1.12. The number of ether oxygens (including phenoxy) is 1. The Kier molecular flexibility index (Phi) is 6.25. The van der Waals surface area contributed by atoms with Gasteiger partial charge in [0.25, 0.3) is 0 Å². The van der Waals surface area contributed by atoms with Gasteiger partial charge >= 0.3 is 6.61 Å². The molecule has 142 valence electrons. The molecule has 1 aliphatic carbocycles. The Balaban J connectivity index is 1.98. The van der Waals surface area contributed by atoms with Crippen LogP contribution in [0.25, 0.3) is 0 Å². The zero-order valence-corrected chi connectivity index (χ0v) is 15.3. The van der Waals surface area contributed by atoms with Gasteiger partial charge in [-0.3, -0.25) is 0 Å². The van der Waals surface area contributed by atoms with Crippen molar-refractivity contribution in [3.8, 4) is 5.75 Å². The monoisotopic (exact) mass is 406 g/mol. The highest BCUT2D eigenvalue weighted by Gasteiger charge is 2.45. The molecule has 26 heavy (non-hydrogen) atoms. The second-order valence-electron chi connectivity index (χ2n) is 6.00. The summed E-state index contributed by atoms with van der Waals surface area (Å²) in [5.41, 5.74) is 0.747. The first-order valence-electron chi connectivity index (χ1n) is 8.14. The van der Waals surface area contributed by atoms with Gasteiger partial charge in [0, 0.05) is 6.42 Å². The number of halogens is 4. The molecule has 1 aromatic carbocycles. The van der Waals surface area contributed by atoms with Gasteiger partial charge in [-0.15, -0.1) is 23.5 Å². The molecule has 0 radical (unpaired) electrons. The Morgan fingerprint density at radius 2 is 1.96 bits per heavy atom. The van der Waals surface area contributed by atoms with Crippen LogP contribution >= 0.6 is 23.5 Å². The molecule has 1 aliphatic heterocycles. The average molecular weight is 406 g/mol. The first kappa shape index (κ1) is 19.6. The molecule has 8 heteroatoms. The summed E-state index contributed by atoms with van der Waals surface area (Å²) >= 11 is 2.84. The summed E-state index contributed by atoms with van der Waals surface area (Å²) in [4.78, 5) is 0. The SMILES string of the molecule is OC(c1cccc(OC(F)F)c1)C1(C2=CC(F)CC(F)=C2)SCCCS1. The molecule has 2 nitrogen and oxygen atoms in total. The predicted molar refractivity (Wildman–Crippen MR) is 97.1 cm³/mol. The first-order chi connectivity index (χ1) is 12.4. The van der Waals surface area contributed by atoms with Crippen molar-refractivity contribution in [3.63, 3.8) is 0 Å². The summed E-state index contributed by atoms with van der Waals surface area (Å²) in [5, 5.41) is 11.1. The Labute approximate surface area is 157 Å². The molecule has 1 fully saturated rings. The number of allylic oxidation sites excluding steroid dienone is 3. The quantitative estimate of drug-likeness (QED) is 0.662.